The highest BCUT2D eigenvalue weighted by atomic mass is 16.1. The summed E-state index contributed by atoms with van der Waals surface area (Å²) in [5, 5.41) is 2.78. The highest BCUT2D eigenvalue weighted by Crippen LogP contribution is 2.18. The molecule has 15 heavy (non-hydrogen) atoms. The predicted octanol–water partition coefficient (Wildman–Crippen LogP) is 2.49. The van der Waals surface area contributed by atoms with Crippen LogP contribution >= 0.6 is 0 Å². The van der Waals surface area contributed by atoms with Crippen LogP contribution in [0.4, 0.5) is 11.4 Å². The Balaban J connectivity index is 2.86. The van der Waals surface area contributed by atoms with E-state index in [-0.39, 0.29) is 5.91 Å². The molecule has 1 aromatic rings. The van der Waals surface area contributed by atoms with Gasteiger partial charge in [0.15, 0.2) is 0 Å². The summed E-state index contributed by atoms with van der Waals surface area (Å²) in [4.78, 5) is 13.2. The molecule has 0 bridgehead atoms. The van der Waals surface area contributed by atoms with Gasteiger partial charge >= 0.3 is 0 Å². The zero-order chi connectivity index (χ0) is 11.3. The minimum Gasteiger partial charge on any atom is -0.372 e. The lowest BCUT2D eigenvalue weighted by atomic mass is 10.2. The van der Waals surface area contributed by atoms with Crippen LogP contribution in [0.3, 0.4) is 0 Å². The van der Waals surface area contributed by atoms with E-state index in [1.54, 1.807) is 0 Å². The molecule has 0 saturated heterocycles. The molecule has 0 unspecified atom stereocenters. The first-order valence-corrected chi connectivity index (χ1v) is 5.30. The SMILES string of the molecule is CCN(CC)c1cccc(NC(C)=O)c1. The number of rotatable bonds is 4. The maximum absolute atomic E-state index is 10.9. The summed E-state index contributed by atoms with van der Waals surface area (Å²) in [6.07, 6.45) is 0. The quantitative estimate of drug-likeness (QED) is 0.820. The highest BCUT2D eigenvalue weighted by molar-refractivity contribution is 5.89. The van der Waals surface area contributed by atoms with Crippen molar-refractivity contribution in [1.82, 2.24) is 0 Å². The molecule has 1 aromatic carbocycles. The second kappa shape index (κ2) is 5.39. The predicted molar refractivity (Wildman–Crippen MR) is 64.3 cm³/mol. The smallest absolute Gasteiger partial charge is 0.221 e. The molecule has 82 valence electrons. The Hall–Kier alpha value is -1.51. The summed E-state index contributed by atoms with van der Waals surface area (Å²) in [6.45, 7) is 7.70. The van der Waals surface area contributed by atoms with E-state index >= 15 is 0 Å². The number of hydrogen-bond donors (Lipinski definition) is 1. The Labute approximate surface area is 91.1 Å². The third kappa shape index (κ3) is 3.27. The van der Waals surface area contributed by atoms with E-state index in [0.29, 0.717) is 0 Å². The van der Waals surface area contributed by atoms with E-state index in [1.165, 1.54) is 6.92 Å². The molecule has 1 N–H and O–H groups in total. The molecular weight excluding hydrogens is 188 g/mol. The van der Waals surface area contributed by atoms with Crippen LogP contribution < -0.4 is 10.2 Å². The van der Waals surface area contributed by atoms with Crippen molar-refractivity contribution in [2.75, 3.05) is 23.3 Å². The van der Waals surface area contributed by atoms with Gasteiger partial charge in [0, 0.05) is 31.4 Å². The van der Waals surface area contributed by atoms with Gasteiger partial charge in [0.2, 0.25) is 5.91 Å². The highest BCUT2D eigenvalue weighted by Gasteiger charge is 2.02. The zero-order valence-electron chi connectivity index (χ0n) is 9.58. The zero-order valence-corrected chi connectivity index (χ0v) is 9.58. The van der Waals surface area contributed by atoms with Gasteiger partial charge in [-0.1, -0.05) is 6.07 Å². The minimum atomic E-state index is -0.0355. The van der Waals surface area contributed by atoms with Crippen molar-refractivity contribution in [2.24, 2.45) is 0 Å². The number of nitrogens with zero attached hydrogens (tertiary/aromatic N) is 1. The van der Waals surface area contributed by atoms with Crippen LogP contribution in [0.25, 0.3) is 0 Å². The van der Waals surface area contributed by atoms with Gasteiger partial charge in [-0.25, -0.2) is 0 Å². The summed E-state index contributed by atoms with van der Waals surface area (Å²) >= 11 is 0. The fourth-order valence-electron chi connectivity index (χ4n) is 1.57. The third-order valence-corrected chi connectivity index (χ3v) is 2.30. The fourth-order valence-corrected chi connectivity index (χ4v) is 1.57. The average molecular weight is 206 g/mol. The van der Waals surface area contributed by atoms with Crippen molar-refractivity contribution in [2.45, 2.75) is 20.8 Å². The Morgan fingerprint density at radius 3 is 2.53 bits per heavy atom. The van der Waals surface area contributed by atoms with Crippen LogP contribution in [0.1, 0.15) is 20.8 Å². The fraction of sp³-hybridized carbons (Fsp3) is 0.417. The third-order valence-electron chi connectivity index (χ3n) is 2.30. The van der Waals surface area contributed by atoms with Gasteiger partial charge in [-0.05, 0) is 32.0 Å². The van der Waals surface area contributed by atoms with Crippen LogP contribution in [0.2, 0.25) is 0 Å². The van der Waals surface area contributed by atoms with Gasteiger partial charge in [0.25, 0.3) is 0 Å². The summed E-state index contributed by atoms with van der Waals surface area (Å²) in [6, 6.07) is 7.90. The molecular formula is C12H18N2O. The summed E-state index contributed by atoms with van der Waals surface area (Å²) < 4.78 is 0. The van der Waals surface area contributed by atoms with Gasteiger partial charge in [-0.2, -0.15) is 0 Å². The molecule has 0 aliphatic carbocycles. The number of anilines is 2. The molecule has 0 fully saturated rings. The monoisotopic (exact) mass is 206 g/mol. The largest absolute Gasteiger partial charge is 0.372 e. The average Bonchev–Trinajstić information content (AvgIpc) is 2.19. The van der Waals surface area contributed by atoms with E-state index in [0.717, 1.165) is 24.5 Å². The molecule has 3 nitrogen and oxygen atoms in total. The molecule has 0 aromatic heterocycles. The molecule has 0 spiro atoms. The first kappa shape index (κ1) is 11.6. The summed E-state index contributed by atoms with van der Waals surface area (Å²) in [7, 11) is 0. The van der Waals surface area contributed by atoms with Crippen LogP contribution in [0.5, 0.6) is 0 Å². The Morgan fingerprint density at radius 1 is 1.33 bits per heavy atom. The first-order valence-electron chi connectivity index (χ1n) is 5.30. The maximum atomic E-state index is 10.9. The van der Waals surface area contributed by atoms with E-state index in [2.05, 4.69) is 30.1 Å². The summed E-state index contributed by atoms with van der Waals surface area (Å²) in [5.41, 5.74) is 2.00. The van der Waals surface area contributed by atoms with Crippen molar-refractivity contribution >= 4 is 17.3 Å². The minimum absolute atomic E-state index is 0.0355. The number of carbonyl (C=O) groups excluding carboxylic acids is 1. The molecule has 0 aliphatic rings. The topological polar surface area (TPSA) is 32.3 Å². The summed E-state index contributed by atoms with van der Waals surface area (Å²) in [5.74, 6) is -0.0355. The second-order valence-electron chi connectivity index (χ2n) is 3.40. The molecule has 1 amide bonds. The first-order chi connectivity index (χ1) is 7.17. The number of nitrogens with one attached hydrogen (secondary N) is 1. The van der Waals surface area contributed by atoms with Crippen LogP contribution in [-0.2, 0) is 4.79 Å². The Bertz CT molecular complexity index is 332. The number of benzene rings is 1. The molecule has 0 radical (unpaired) electrons. The number of hydrogen-bond acceptors (Lipinski definition) is 2. The van der Waals surface area contributed by atoms with Gasteiger partial charge in [0.05, 0.1) is 0 Å². The van der Waals surface area contributed by atoms with Gasteiger partial charge in [0.1, 0.15) is 0 Å². The van der Waals surface area contributed by atoms with Gasteiger partial charge in [-0.15, -0.1) is 0 Å². The molecule has 1 rings (SSSR count). The lowest BCUT2D eigenvalue weighted by molar-refractivity contribution is -0.114. The van der Waals surface area contributed by atoms with Crippen molar-refractivity contribution in [1.29, 1.82) is 0 Å². The van der Waals surface area contributed by atoms with E-state index in [1.807, 2.05) is 18.2 Å². The Morgan fingerprint density at radius 2 is 2.00 bits per heavy atom. The van der Waals surface area contributed by atoms with Crippen LogP contribution in [0.15, 0.2) is 24.3 Å². The van der Waals surface area contributed by atoms with Crippen LogP contribution in [-0.4, -0.2) is 19.0 Å². The van der Waals surface area contributed by atoms with Crippen molar-refractivity contribution in [3.05, 3.63) is 24.3 Å². The van der Waals surface area contributed by atoms with Crippen molar-refractivity contribution < 1.29 is 4.79 Å². The van der Waals surface area contributed by atoms with E-state index < -0.39 is 0 Å². The van der Waals surface area contributed by atoms with E-state index in [9.17, 15) is 4.79 Å². The Kier molecular flexibility index (Phi) is 4.16. The van der Waals surface area contributed by atoms with Crippen LogP contribution in [0, 0.1) is 0 Å². The van der Waals surface area contributed by atoms with Gasteiger partial charge in [-0.3, -0.25) is 4.79 Å². The molecule has 3 heteroatoms. The molecule has 0 heterocycles. The van der Waals surface area contributed by atoms with Crippen molar-refractivity contribution in [3.63, 3.8) is 0 Å². The molecule has 0 saturated carbocycles. The van der Waals surface area contributed by atoms with Crippen molar-refractivity contribution in [3.8, 4) is 0 Å². The second-order valence-corrected chi connectivity index (χ2v) is 3.40. The number of amides is 1. The maximum Gasteiger partial charge on any atom is 0.221 e. The lowest BCUT2D eigenvalue weighted by Gasteiger charge is -2.21. The normalized spacial score (nSPS) is 9.80. The lowest BCUT2D eigenvalue weighted by Crippen LogP contribution is -2.21. The van der Waals surface area contributed by atoms with Gasteiger partial charge < -0.3 is 10.2 Å². The van der Waals surface area contributed by atoms with E-state index in [4.69, 9.17) is 0 Å². The number of carbonyl (C=O) groups is 1. The molecule has 0 aliphatic heterocycles. The standard InChI is InChI=1S/C12H18N2O/c1-4-14(5-2)12-8-6-7-11(9-12)13-10(3)15/h6-9H,4-5H2,1-3H3,(H,13,15). The molecule has 0 atom stereocenters.